The minimum atomic E-state index is -3.82. The summed E-state index contributed by atoms with van der Waals surface area (Å²) in [5, 5.41) is 0. The van der Waals surface area contributed by atoms with E-state index in [-0.39, 0.29) is 10.9 Å². The number of methoxy groups -OCH3 is 1. The molecule has 4 rings (SSSR count). The number of carbonyl (C=O) groups excluding carboxylic acids is 2. The minimum Gasteiger partial charge on any atom is -0.463 e. The first-order chi connectivity index (χ1) is 14.8. The fourth-order valence-electron chi connectivity index (χ4n) is 4.18. The van der Waals surface area contributed by atoms with Gasteiger partial charge in [-0.05, 0) is 54.8 Å². The number of fused-ring (bicyclic) bond motifs is 3. The number of Topliss-reactive ketones (excluding diaryl/α,β-unsaturated/α-hetero) is 1. The maximum atomic E-state index is 13.2. The molecule has 0 saturated carbocycles. The van der Waals surface area contributed by atoms with E-state index in [1.807, 2.05) is 10.5 Å². The van der Waals surface area contributed by atoms with Gasteiger partial charge in [0, 0.05) is 31.4 Å². The number of ether oxygens (including phenoxy) is 1. The van der Waals surface area contributed by atoms with Crippen LogP contribution in [0.15, 0.2) is 53.6 Å². The zero-order chi connectivity index (χ0) is 22.3. The van der Waals surface area contributed by atoms with Crippen LogP contribution in [0, 0.1) is 5.82 Å². The monoisotopic (exact) mass is 444 g/mol. The highest BCUT2D eigenvalue weighted by Crippen LogP contribution is 2.33. The van der Waals surface area contributed by atoms with Crippen LogP contribution >= 0.6 is 0 Å². The van der Waals surface area contributed by atoms with Crippen LogP contribution in [0.2, 0.25) is 0 Å². The van der Waals surface area contributed by atoms with E-state index < -0.39 is 27.6 Å². The van der Waals surface area contributed by atoms with E-state index in [0.717, 1.165) is 30.5 Å². The highest BCUT2D eigenvalue weighted by molar-refractivity contribution is 7.89. The van der Waals surface area contributed by atoms with E-state index in [4.69, 9.17) is 0 Å². The average molecular weight is 444 g/mol. The normalized spacial score (nSPS) is 16.3. The van der Waals surface area contributed by atoms with Gasteiger partial charge in [-0.2, -0.15) is 4.31 Å². The molecule has 0 spiro atoms. The van der Waals surface area contributed by atoms with Gasteiger partial charge in [-0.1, -0.05) is 6.07 Å². The number of rotatable bonds is 5. The van der Waals surface area contributed by atoms with E-state index in [9.17, 15) is 22.4 Å². The Morgan fingerprint density at radius 1 is 1.16 bits per heavy atom. The zero-order valence-electron chi connectivity index (χ0n) is 17.0. The van der Waals surface area contributed by atoms with Crippen molar-refractivity contribution in [3.63, 3.8) is 0 Å². The molecule has 0 radical (unpaired) electrons. The van der Waals surface area contributed by atoms with Crippen LogP contribution in [0.25, 0.3) is 5.52 Å². The molecule has 162 valence electrons. The molecule has 0 amide bonds. The lowest BCUT2D eigenvalue weighted by Crippen LogP contribution is -2.40. The van der Waals surface area contributed by atoms with Crippen LogP contribution < -0.4 is 0 Å². The van der Waals surface area contributed by atoms with Gasteiger partial charge >= 0.3 is 5.97 Å². The second kappa shape index (κ2) is 7.90. The average Bonchev–Trinajstić information content (AvgIpc) is 3.11. The van der Waals surface area contributed by atoms with Crippen molar-refractivity contribution in [3.05, 3.63) is 71.3 Å². The summed E-state index contributed by atoms with van der Waals surface area (Å²) in [5.41, 5.74) is 2.43. The van der Waals surface area contributed by atoms with Crippen LogP contribution in [0.5, 0.6) is 0 Å². The Bertz CT molecular complexity index is 1280. The number of halogens is 1. The van der Waals surface area contributed by atoms with Gasteiger partial charge in [0.05, 0.1) is 23.1 Å². The quantitative estimate of drug-likeness (QED) is 0.343. The number of likely N-dealkylation sites (N-methyl/N-ethyl adjacent to an activating group) is 1. The molecule has 0 N–H and O–H groups in total. The fraction of sp³-hybridized carbons (Fsp3) is 0.273. The Morgan fingerprint density at radius 3 is 2.55 bits per heavy atom. The van der Waals surface area contributed by atoms with E-state index in [1.54, 1.807) is 18.3 Å². The maximum absolute atomic E-state index is 13.2. The number of pyridine rings is 1. The van der Waals surface area contributed by atoms with Crippen molar-refractivity contribution in [1.29, 1.82) is 0 Å². The summed E-state index contributed by atoms with van der Waals surface area (Å²) in [6, 6.07) is 9.70. The Balaban J connectivity index is 1.73. The third-order valence-electron chi connectivity index (χ3n) is 5.82. The van der Waals surface area contributed by atoms with Crippen molar-refractivity contribution in [3.8, 4) is 0 Å². The van der Waals surface area contributed by atoms with E-state index in [0.29, 0.717) is 30.3 Å². The van der Waals surface area contributed by atoms with E-state index >= 15 is 0 Å². The molecule has 9 heteroatoms. The molecule has 0 fully saturated rings. The standard InChI is InChI=1S/C22H21FN2O5S/c1-24(31(28,29)16-9-6-14(23)7-10-16)15-8-11-17-19(13-15)25-12-4-3-5-18(25)20(17)21(26)22(27)30-2/h3-7,9-10,12,15H,8,11,13H2,1-2H3. The Labute approximate surface area is 179 Å². The van der Waals surface area contributed by atoms with E-state index in [1.165, 1.54) is 23.5 Å². The molecule has 1 unspecified atom stereocenters. The topological polar surface area (TPSA) is 85.2 Å². The molecule has 1 aromatic carbocycles. The number of hydrogen-bond donors (Lipinski definition) is 0. The highest BCUT2D eigenvalue weighted by atomic mass is 32.2. The smallest absolute Gasteiger partial charge is 0.379 e. The highest BCUT2D eigenvalue weighted by Gasteiger charge is 2.36. The lowest BCUT2D eigenvalue weighted by Gasteiger charge is -2.31. The second-order valence-corrected chi connectivity index (χ2v) is 9.45. The Morgan fingerprint density at radius 2 is 1.87 bits per heavy atom. The summed E-state index contributed by atoms with van der Waals surface area (Å²) in [5.74, 6) is -2.15. The van der Waals surface area contributed by atoms with Gasteiger partial charge in [-0.25, -0.2) is 17.6 Å². The first-order valence-electron chi connectivity index (χ1n) is 9.72. The van der Waals surface area contributed by atoms with Gasteiger partial charge < -0.3 is 9.14 Å². The molecule has 0 bridgehead atoms. The molecule has 2 aromatic heterocycles. The zero-order valence-corrected chi connectivity index (χ0v) is 17.9. The second-order valence-electron chi connectivity index (χ2n) is 7.45. The van der Waals surface area contributed by atoms with Gasteiger partial charge in [-0.3, -0.25) is 4.79 Å². The number of esters is 1. The van der Waals surface area contributed by atoms with Crippen LogP contribution in [0.4, 0.5) is 4.39 Å². The van der Waals surface area contributed by atoms with Crippen molar-refractivity contribution in [2.24, 2.45) is 0 Å². The molecule has 0 aliphatic heterocycles. The summed E-state index contributed by atoms with van der Waals surface area (Å²) in [6.45, 7) is 0. The Hall–Kier alpha value is -3.04. The third kappa shape index (κ3) is 3.53. The third-order valence-corrected chi connectivity index (χ3v) is 7.74. The number of benzene rings is 1. The molecular formula is C22H21FN2O5S. The number of carbonyl (C=O) groups is 2. The fourth-order valence-corrected chi connectivity index (χ4v) is 5.57. The molecule has 31 heavy (non-hydrogen) atoms. The van der Waals surface area contributed by atoms with Gasteiger partial charge in [0.25, 0.3) is 5.78 Å². The van der Waals surface area contributed by atoms with Gasteiger partial charge in [0.2, 0.25) is 10.0 Å². The van der Waals surface area contributed by atoms with Crippen molar-refractivity contribution in [1.82, 2.24) is 8.71 Å². The molecule has 0 saturated heterocycles. The Kier molecular flexibility index (Phi) is 5.40. The van der Waals surface area contributed by atoms with Crippen molar-refractivity contribution in [2.45, 2.75) is 30.2 Å². The van der Waals surface area contributed by atoms with Crippen molar-refractivity contribution < 1.29 is 27.1 Å². The summed E-state index contributed by atoms with van der Waals surface area (Å²) in [4.78, 5) is 24.6. The molecule has 1 aliphatic rings. The first-order valence-corrected chi connectivity index (χ1v) is 11.2. The molecule has 2 heterocycles. The minimum absolute atomic E-state index is 0.0174. The van der Waals surface area contributed by atoms with Gasteiger partial charge in [-0.15, -0.1) is 0 Å². The van der Waals surface area contributed by atoms with Crippen molar-refractivity contribution in [2.75, 3.05) is 14.2 Å². The van der Waals surface area contributed by atoms with Crippen LogP contribution in [-0.4, -0.2) is 49.1 Å². The summed E-state index contributed by atoms with van der Waals surface area (Å²) >= 11 is 0. The number of ketones is 1. The molecule has 1 atom stereocenters. The lowest BCUT2D eigenvalue weighted by atomic mass is 9.90. The number of hydrogen-bond acceptors (Lipinski definition) is 5. The molecular weight excluding hydrogens is 423 g/mol. The predicted octanol–water partition coefficient (Wildman–Crippen LogP) is 2.61. The molecule has 1 aliphatic carbocycles. The van der Waals surface area contributed by atoms with Crippen molar-refractivity contribution >= 4 is 27.3 Å². The van der Waals surface area contributed by atoms with Crippen LogP contribution in [0.1, 0.15) is 28.0 Å². The molecule has 7 nitrogen and oxygen atoms in total. The summed E-state index contributed by atoms with van der Waals surface area (Å²) in [6.07, 6.45) is 3.07. The van der Waals surface area contributed by atoms with Crippen LogP contribution in [-0.2, 0) is 32.4 Å². The largest absolute Gasteiger partial charge is 0.463 e. The number of sulfonamides is 1. The predicted molar refractivity (Wildman–Crippen MR) is 111 cm³/mol. The van der Waals surface area contributed by atoms with Gasteiger partial charge in [0.1, 0.15) is 5.82 Å². The number of nitrogens with zero attached hydrogens (tertiary/aromatic N) is 2. The van der Waals surface area contributed by atoms with Crippen LogP contribution in [0.3, 0.4) is 0 Å². The van der Waals surface area contributed by atoms with E-state index in [2.05, 4.69) is 4.74 Å². The maximum Gasteiger partial charge on any atom is 0.379 e. The lowest BCUT2D eigenvalue weighted by molar-refractivity contribution is -0.135. The first kappa shape index (κ1) is 21.2. The molecule has 3 aromatic rings. The van der Waals surface area contributed by atoms with Gasteiger partial charge in [0.15, 0.2) is 0 Å². The summed E-state index contributed by atoms with van der Waals surface area (Å²) in [7, 11) is -1.15. The summed E-state index contributed by atoms with van der Waals surface area (Å²) < 4.78 is 47.1. The SMILES string of the molecule is COC(=O)C(=O)c1c2c(n3ccccc13)CC(N(C)S(=O)(=O)c1ccc(F)cc1)CC2. The number of aromatic nitrogens is 1.